The molecule has 0 aromatic rings. The van der Waals surface area contributed by atoms with Gasteiger partial charge >= 0.3 is 0 Å². The molecule has 1 aliphatic carbocycles. The molecular weight excluding hydrogens is 136 g/mol. The molecule has 0 amide bonds. The van der Waals surface area contributed by atoms with Gasteiger partial charge in [-0.1, -0.05) is 13.0 Å². The summed E-state index contributed by atoms with van der Waals surface area (Å²) in [5.41, 5.74) is 0.513. The van der Waals surface area contributed by atoms with Crippen molar-refractivity contribution in [3.63, 3.8) is 0 Å². The van der Waals surface area contributed by atoms with Gasteiger partial charge in [0.15, 0.2) is 0 Å². The average molecular weight is 152 g/mol. The summed E-state index contributed by atoms with van der Waals surface area (Å²) in [5.74, 6) is 1.42. The molecule has 2 rings (SSSR count). The molecule has 2 fully saturated rings. The van der Waals surface area contributed by atoms with Crippen molar-refractivity contribution in [2.75, 3.05) is 6.61 Å². The van der Waals surface area contributed by atoms with Gasteiger partial charge in [-0.3, -0.25) is 0 Å². The molecule has 1 nitrogen and oxygen atoms in total. The van der Waals surface area contributed by atoms with Crippen LogP contribution in [0.1, 0.15) is 20.8 Å². The fourth-order valence-electron chi connectivity index (χ4n) is 2.85. The Morgan fingerprint density at radius 2 is 2.09 bits per heavy atom. The Labute approximate surface area is 68.4 Å². The van der Waals surface area contributed by atoms with Crippen molar-refractivity contribution in [1.29, 1.82) is 0 Å². The van der Waals surface area contributed by atoms with E-state index >= 15 is 0 Å². The third-order valence-electron chi connectivity index (χ3n) is 3.48. The van der Waals surface area contributed by atoms with Gasteiger partial charge in [0.25, 0.3) is 0 Å². The summed E-state index contributed by atoms with van der Waals surface area (Å²) in [5, 5.41) is 0. The second kappa shape index (κ2) is 1.71. The van der Waals surface area contributed by atoms with Crippen LogP contribution in [0.5, 0.6) is 0 Å². The molecular formula is C10H16O. The third kappa shape index (κ3) is 0.698. The van der Waals surface area contributed by atoms with Crippen molar-refractivity contribution in [2.24, 2.45) is 17.3 Å². The first kappa shape index (κ1) is 7.35. The highest BCUT2D eigenvalue weighted by Crippen LogP contribution is 2.68. The first-order valence-corrected chi connectivity index (χ1v) is 4.29. The van der Waals surface area contributed by atoms with Gasteiger partial charge in [0, 0.05) is 11.3 Å². The SMILES string of the molecule is C=C[C@H]1[C@@H]2C(C)(C)OC[C@@]21C. The molecule has 1 heteroatoms. The van der Waals surface area contributed by atoms with Crippen molar-refractivity contribution in [3.05, 3.63) is 12.7 Å². The van der Waals surface area contributed by atoms with Crippen LogP contribution >= 0.6 is 0 Å². The normalized spacial score (nSPS) is 51.9. The maximum Gasteiger partial charge on any atom is 0.0666 e. The number of fused-ring (bicyclic) bond motifs is 1. The van der Waals surface area contributed by atoms with E-state index < -0.39 is 0 Å². The van der Waals surface area contributed by atoms with Gasteiger partial charge in [0.1, 0.15) is 0 Å². The van der Waals surface area contributed by atoms with Crippen LogP contribution in [0.15, 0.2) is 12.7 Å². The first-order chi connectivity index (χ1) is 5.02. The van der Waals surface area contributed by atoms with Crippen molar-refractivity contribution < 1.29 is 4.74 Å². The molecule has 3 atom stereocenters. The summed E-state index contributed by atoms with van der Waals surface area (Å²) in [6.45, 7) is 11.5. The summed E-state index contributed by atoms with van der Waals surface area (Å²) in [4.78, 5) is 0. The van der Waals surface area contributed by atoms with Gasteiger partial charge in [-0.25, -0.2) is 0 Å². The molecule has 1 aliphatic heterocycles. The molecule has 11 heavy (non-hydrogen) atoms. The van der Waals surface area contributed by atoms with Crippen molar-refractivity contribution in [1.82, 2.24) is 0 Å². The zero-order valence-corrected chi connectivity index (χ0v) is 7.55. The van der Waals surface area contributed by atoms with E-state index in [1.807, 2.05) is 0 Å². The molecule has 2 aliphatic rings. The molecule has 1 saturated carbocycles. The first-order valence-electron chi connectivity index (χ1n) is 4.29. The van der Waals surface area contributed by atoms with Gasteiger partial charge in [-0.05, 0) is 19.8 Å². The predicted molar refractivity (Wildman–Crippen MR) is 45.3 cm³/mol. The van der Waals surface area contributed by atoms with Crippen LogP contribution < -0.4 is 0 Å². The molecule has 0 unspecified atom stereocenters. The smallest absolute Gasteiger partial charge is 0.0666 e. The molecule has 0 aromatic carbocycles. The standard InChI is InChI=1S/C10H16O/c1-5-7-8-9(2,3)11-6-10(7,8)4/h5,7-8H,1,6H2,2-4H3/t7-,8+,10+/m0/s1. The lowest BCUT2D eigenvalue weighted by atomic mass is 9.99. The Morgan fingerprint density at radius 3 is 2.36 bits per heavy atom. The lowest BCUT2D eigenvalue weighted by Gasteiger charge is -2.21. The Kier molecular flexibility index (Phi) is 1.15. The summed E-state index contributed by atoms with van der Waals surface area (Å²) in [6.07, 6.45) is 2.09. The molecule has 1 saturated heterocycles. The molecule has 62 valence electrons. The van der Waals surface area contributed by atoms with Gasteiger partial charge < -0.3 is 4.74 Å². The van der Waals surface area contributed by atoms with Crippen LogP contribution in [0.25, 0.3) is 0 Å². The topological polar surface area (TPSA) is 9.23 Å². The molecule has 1 heterocycles. The third-order valence-corrected chi connectivity index (χ3v) is 3.48. The summed E-state index contributed by atoms with van der Waals surface area (Å²) >= 11 is 0. The minimum absolute atomic E-state index is 0.0909. The second-order valence-corrected chi connectivity index (χ2v) is 4.64. The van der Waals surface area contributed by atoms with E-state index in [0.29, 0.717) is 17.3 Å². The highest BCUT2D eigenvalue weighted by atomic mass is 16.5. The van der Waals surface area contributed by atoms with E-state index in [9.17, 15) is 0 Å². The van der Waals surface area contributed by atoms with Gasteiger partial charge in [0.2, 0.25) is 0 Å². The van der Waals surface area contributed by atoms with E-state index in [4.69, 9.17) is 4.74 Å². The van der Waals surface area contributed by atoms with Crippen molar-refractivity contribution in [3.8, 4) is 0 Å². The minimum atomic E-state index is 0.0909. The van der Waals surface area contributed by atoms with Crippen molar-refractivity contribution in [2.45, 2.75) is 26.4 Å². The Hall–Kier alpha value is -0.300. The van der Waals surface area contributed by atoms with Crippen LogP contribution in [0.3, 0.4) is 0 Å². The molecule has 0 spiro atoms. The fraction of sp³-hybridized carbons (Fsp3) is 0.800. The lowest BCUT2D eigenvalue weighted by Crippen LogP contribution is -2.24. The number of hydrogen-bond acceptors (Lipinski definition) is 1. The Morgan fingerprint density at radius 1 is 1.45 bits per heavy atom. The van der Waals surface area contributed by atoms with E-state index in [2.05, 4.69) is 33.4 Å². The molecule has 0 N–H and O–H groups in total. The Balaban J connectivity index is 2.25. The molecule has 0 aromatic heterocycles. The largest absolute Gasteiger partial charge is 0.375 e. The van der Waals surface area contributed by atoms with Gasteiger partial charge in [-0.2, -0.15) is 0 Å². The fourth-order valence-corrected chi connectivity index (χ4v) is 2.85. The summed E-state index contributed by atoms with van der Waals surface area (Å²) in [6, 6.07) is 0. The average Bonchev–Trinajstić information content (AvgIpc) is 2.46. The Bertz CT molecular complexity index is 207. The molecule has 0 radical (unpaired) electrons. The lowest BCUT2D eigenvalue weighted by molar-refractivity contribution is -0.00444. The summed E-state index contributed by atoms with van der Waals surface area (Å²) in [7, 11) is 0. The monoisotopic (exact) mass is 152 g/mol. The highest BCUT2D eigenvalue weighted by molar-refractivity contribution is 5.22. The minimum Gasteiger partial charge on any atom is -0.375 e. The van der Waals surface area contributed by atoms with E-state index in [1.165, 1.54) is 0 Å². The number of hydrogen-bond donors (Lipinski definition) is 0. The van der Waals surface area contributed by atoms with Crippen LogP contribution in [-0.2, 0) is 4.74 Å². The van der Waals surface area contributed by atoms with E-state index in [0.717, 1.165) is 6.61 Å². The number of ether oxygens (including phenoxy) is 1. The zero-order valence-electron chi connectivity index (χ0n) is 7.55. The quantitative estimate of drug-likeness (QED) is 0.523. The maximum atomic E-state index is 5.69. The van der Waals surface area contributed by atoms with Crippen LogP contribution in [0.4, 0.5) is 0 Å². The molecule has 0 bridgehead atoms. The van der Waals surface area contributed by atoms with E-state index in [-0.39, 0.29) is 5.60 Å². The summed E-state index contributed by atoms with van der Waals surface area (Å²) < 4.78 is 5.69. The van der Waals surface area contributed by atoms with Crippen LogP contribution in [-0.4, -0.2) is 12.2 Å². The van der Waals surface area contributed by atoms with Gasteiger partial charge in [0.05, 0.1) is 12.2 Å². The maximum absolute atomic E-state index is 5.69. The van der Waals surface area contributed by atoms with Crippen molar-refractivity contribution >= 4 is 0 Å². The van der Waals surface area contributed by atoms with Crippen LogP contribution in [0, 0.1) is 17.3 Å². The predicted octanol–water partition coefficient (Wildman–Crippen LogP) is 2.23. The number of rotatable bonds is 1. The van der Waals surface area contributed by atoms with E-state index in [1.54, 1.807) is 0 Å². The highest BCUT2D eigenvalue weighted by Gasteiger charge is 2.70. The van der Waals surface area contributed by atoms with Crippen LogP contribution in [0.2, 0.25) is 0 Å². The zero-order chi connectivity index (χ0) is 8.28. The second-order valence-electron chi connectivity index (χ2n) is 4.64. The number of allylic oxidation sites excluding steroid dienone is 1. The van der Waals surface area contributed by atoms with Gasteiger partial charge in [-0.15, -0.1) is 6.58 Å².